The molecule has 0 saturated heterocycles. The summed E-state index contributed by atoms with van der Waals surface area (Å²) >= 11 is 0. The Bertz CT molecular complexity index is 711. The summed E-state index contributed by atoms with van der Waals surface area (Å²) in [6.45, 7) is 3.30. The van der Waals surface area contributed by atoms with Crippen LogP contribution >= 0.6 is 0 Å². The predicted molar refractivity (Wildman–Crippen MR) is 92.3 cm³/mol. The van der Waals surface area contributed by atoms with E-state index in [1.807, 2.05) is 0 Å². The minimum atomic E-state index is -0.732. The van der Waals surface area contributed by atoms with Gasteiger partial charge in [0.25, 0.3) is 0 Å². The van der Waals surface area contributed by atoms with Crippen LogP contribution in [0.25, 0.3) is 0 Å². The monoisotopic (exact) mass is 362 g/mol. The number of hydrogen-bond donors (Lipinski definition) is 2. The summed E-state index contributed by atoms with van der Waals surface area (Å²) in [5.41, 5.74) is 1.07. The second kappa shape index (κ2) is 8.89. The molecule has 0 aliphatic carbocycles. The van der Waals surface area contributed by atoms with Gasteiger partial charge in [0.05, 0.1) is 31.0 Å². The SMILES string of the molecule is CCOC(=O)C1=C(COC(=O)CC)NC(=O)N[C@H]1c1ccc(OC)cc1. The van der Waals surface area contributed by atoms with Crippen molar-refractivity contribution >= 4 is 18.0 Å². The molecule has 0 fully saturated rings. The number of rotatable bonds is 7. The molecule has 0 aromatic heterocycles. The Hall–Kier alpha value is -3.03. The highest BCUT2D eigenvalue weighted by Crippen LogP contribution is 2.29. The average Bonchev–Trinajstić information content (AvgIpc) is 2.65. The molecule has 1 heterocycles. The van der Waals surface area contributed by atoms with Crippen molar-refractivity contribution < 1.29 is 28.6 Å². The molecule has 1 aromatic carbocycles. The molecule has 140 valence electrons. The van der Waals surface area contributed by atoms with Crippen LogP contribution in [0, 0.1) is 0 Å². The van der Waals surface area contributed by atoms with Crippen LogP contribution in [0.4, 0.5) is 4.79 Å². The molecule has 2 N–H and O–H groups in total. The summed E-state index contributed by atoms with van der Waals surface area (Å²) in [5.74, 6) is -0.384. The molecule has 0 bridgehead atoms. The zero-order chi connectivity index (χ0) is 19.1. The number of carbonyl (C=O) groups excluding carboxylic acids is 3. The maximum atomic E-state index is 12.5. The summed E-state index contributed by atoms with van der Waals surface area (Å²) in [4.78, 5) is 36.0. The van der Waals surface area contributed by atoms with Gasteiger partial charge in [0.1, 0.15) is 12.4 Å². The van der Waals surface area contributed by atoms with E-state index in [1.165, 1.54) is 0 Å². The van der Waals surface area contributed by atoms with Crippen molar-refractivity contribution in [3.8, 4) is 5.75 Å². The van der Waals surface area contributed by atoms with Crippen molar-refractivity contribution in [3.05, 3.63) is 41.1 Å². The van der Waals surface area contributed by atoms with Gasteiger partial charge in [-0.2, -0.15) is 0 Å². The first kappa shape index (κ1) is 19.3. The maximum absolute atomic E-state index is 12.5. The Morgan fingerprint density at radius 1 is 1.12 bits per heavy atom. The van der Waals surface area contributed by atoms with Crippen LogP contribution in [-0.4, -0.2) is 38.3 Å². The number of carbonyl (C=O) groups is 3. The van der Waals surface area contributed by atoms with Gasteiger partial charge in [0, 0.05) is 6.42 Å². The van der Waals surface area contributed by atoms with E-state index in [2.05, 4.69) is 10.6 Å². The second-order valence-corrected chi connectivity index (χ2v) is 5.43. The number of urea groups is 1. The summed E-state index contributed by atoms with van der Waals surface area (Å²) in [6.07, 6.45) is 0.191. The number of nitrogens with one attached hydrogen (secondary N) is 2. The van der Waals surface area contributed by atoms with Crippen LogP contribution in [0.2, 0.25) is 0 Å². The fourth-order valence-electron chi connectivity index (χ4n) is 2.48. The molecule has 1 aliphatic heterocycles. The number of methoxy groups -OCH3 is 1. The van der Waals surface area contributed by atoms with Gasteiger partial charge in [0.2, 0.25) is 0 Å². The number of ether oxygens (including phenoxy) is 3. The topological polar surface area (TPSA) is 103 Å². The van der Waals surface area contributed by atoms with Crippen LogP contribution < -0.4 is 15.4 Å². The number of benzene rings is 1. The van der Waals surface area contributed by atoms with Gasteiger partial charge >= 0.3 is 18.0 Å². The highest BCUT2D eigenvalue weighted by atomic mass is 16.5. The van der Waals surface area contributed by atoms with Crippen molar-refractivity contribution in [2.24, 2.45) is 0 Å². The fraction of sp³-hybridized carbons (Fsp3) is 0.389. The Morgan fingerprint density at radius 2 is 1.81 bits per heavy atom. The van der Waals surface area contributed by atoms with Crippen LogP contribution in [0.15, 0.2) is 35.5 Å². The van der Waals surface area contributed by atoms with E-state index >= 15 is 0 Å². The lowest BCUT2D eigenvalue weighted by Gasteiger charge is -2.29. The fourth-order valence-corrected chi connectivity index (χ4v) is 2.48. The Kier molecular flexibility index (Phi) is 6.60. The average molecular weight is 362 g/mol. The highest BCUT2D eigenvalue weighted by Gasteiger charge is 2.34. The van der Waals surface area contributed by atoms with Gasteiger partial charge in [-0.05, 0) is 24.6 Å². The third-order valence-corrected chi connectivity index (χ3v) is 3.76. The van der Waals surface area contributed by atoms with Gasteiger partial charge in [0.15, 0.2) is 0 Å². The van der Waals surface area contributed by atoms with Crippen molar-refractivity contribution in [2.75, 3.05) is 20.3 Å². The summed E-state index contributed by atoms with van der Waals surface area (Å²) in [5, 5.41) is 5.24. The molecule has 0 saturated carbocycles. The van der Waals surface area contributed by atoms with E-state index in [0.29, 0.717) is 11.3 Å². The summed E-state index contributed by atoms with van der Waals surface area (Å²) < 4.78 is 15.3. The van der Waals surface area contributed by atoms with Gasteiger partial charge in [-0.25, -0.2) is 9.59 Å². The van der Waals surface area contributed by atoms with Crippen molar-refractivity contribution in [1.29, 1.82) is 0 Å². The predicted octanol–water partition coefficient (Wildman–Crippen LogP) is 1.82. The maximum Gasteiger partial charge on any atom is 0.338 e. The lowest BCUT2D eigenvalue weighted by molar-refractivity contribution is -0.143. The molecular formula is C18H22N2O6. The molecule has 1 aromatic rings. The van der Waals surface area contributed by atoms with Gasteiger partial charge in [-0.15, -0.1) is 0 Å². The summed E-state index contributed by atoms with van der Waals surface area (Å²) in [6, 6.07) is 5.70. The van der Waals surface area contributed by atoms with Crippen molar-refractivity contribution in [2.45, 2.75) is 26.3 Å². The first-order chi connectivity index (χ1) is 12.5. The van der Waals surface area contributed by atoms with Gasteiger partial charge < -0.3 is 24.8 Å². The molecule has 0 spiro atoms. The van der Waals surface area contributed by atoms with Gasteiger partial charge in [-0.3, -0.25) is 4.79 Å². The van der Waals surface area contributed by atoms with E-state index in [1.54, 1.807) is 45.2 Å². The number of hydrogen-bond acceptors (Lipinski definition) is 6. The van der Waals surface area contributed by atoms with Crippen LogP contribution in [0.1, 0.15) is 31.9 Å². The van der Waals surface area contributed by atoms with Crippen LogP contribution in [0.3, 0.4) is 0 Å². The normalized spacial score (nSPS) is 16.4. The largest absolute Gasteiger partial charge is 0.497 e. The Labute approximate surface area is 151 Å². The third-order valence-electron chi connectivity index (χ3n) is 3.76. The molecule has 26 heavy (non-hydrogen) atoms. The van der Waals surface area contributed by atoms with E-state index in [9.17, 15) is 14.4 Å². The van der Waals surface area contributed by atoms with E-state index in [0.717, 1.165) is 0 Å². The van der Waals surface area contributed by atoms with E-state index in [4.69, 9.17) is 14.2 Å². The highest BCUT2D eigenvalue weighted by molar-refractivity contribution is 5.95. The number of esters is 2. The first-order valence-corrected chi connectivity index (χ1v) is 8.27. The van der Waals surface area contributed by atoms with E-state index in [-0.39, 0.29) is 30.9 Å². The molecule has 1 atom stereocenters. The summed E-state index contributed by atoms with van der Waals surface area (Å²) in [7, 11) is 1.55. The zero-order valence-electron chi connectivity index (χ0n) is 15.0. The first-order valence-electron chi connectivity index (χ1n) is 8.27. The Morgan fingerprint density at radius 3 is 2.38 bits per heavy atom. The molecule has 0 radical (unpaired) electrons. The number of amides is 2. The lowest BCUT2D eigenvalue weighted by Crippen LogP contribution is -2.47. The second-order valence-electron chi connectivity index (χ2n) is 5.43. The third kappa shape index (κ3) is 4.53. The smallest absolute Gasteiger partial charge is 0.338 e. The molecule has 2 amide bonds. The zero-order valence-corrected chi connectivity index (χ0v) is 15.0. The van der Waals surface area contributed by atoms with Gasteiger partial charge in [-0.1, -0.05) is 19.1 Å². The molecule has 1 aliphatic rings. The van der Waals surface area contributed by atoms with E-state index < -0.39 is 24.0 Å². The van der Waals surface area contributed by atoms with Crippen LogP contribution in [0.5, 0.6) is 5.75 Å². The standard InChI is InChI=1S/C18H22N2O6/c1-4-14(21)26-10-13-15(17(22)25-5-2)16(20-18(23)19-13)11-6-8-12(24-3)9-7-11/h6-9,16H,4-5,10H2,1-3H3,(H2,19,20,23)/t16-/m0/s1. The quantitative estimate of drug-likeness (QED) is 0.717. The Balaban J connectivity index is 2.42. The minimum absolute atomic E-state index is 0.174. The molecular weight excluding hydrogens is 340 g/mol. The lowest BCUT2D eigenvalue weighted by atomic mass is 9.95. The molecule has 8 nitrogen and oxygen atoms in total. The van der Waals surface area contributed by atoms with Crippen molar-refractivity contribution in [3.63, 3.8) is 0 Å². The van der Waals surface area contributed by atoms with Crippen LogP contribution in [-0.2, 0) is 19.1 Å². The minimum Gasteiger partial charge on any atom is -0.497 e. The molecule has 0 unspecified atom stereocenters. The molecule has 2 rings (SSSR count). The molecule has 8 heteroatoms. The van der Waals surface area contributed by atoms with Crippen molar-refractivity contribution in [1.82, 2.24) is 10.6 Å².